The van der Waals surface area contributed by atoms with Crippen LogP contribution in [-0.2, 0) is 0 Å². The van der Waals surface area contributed by atoms with Gasteiger partial charge in [-0.25, -0.2) is 15.0 Å². The molecule has 0 N–H and O–H groups in total. The highest BCUT2D eigenvalue weighted by Gasteiger charge is 2.19. The monoisotopic (exact) mass is 689 g/mol. The number of nitrogens with zero attached hydrogens (tertiary/aromatic N) is 3. The van der Waals surface area contributed by atoms with Crippen molar-refractivity contribution in [1.82, 2.24) is 15.0 Å². The van der Waals surface area contributed by atoms with Crippen LogP contribution in [0.1, 0.15) is 0 Å². The van der Waals surface area contributed by atoms with E-state index in [9.17, 15) is 0 Å². The minimum atomic E-state index is 0.619. The number of aromatic nitrogens is 3. The van der Waals surface area contributed by atoms with Gasteiger partial charge in [-0.2, -0.15) is 0 Å². The van der Waals surface area contributed by atoms with Crippen LogP contribution in [0, 0.1) is 0 Å². The molecule has 0 bridgehead atoms. The van der Waals surface area contributed by atoms with E-state index in [-0.39, 0.29) is 0 Å². The number of rotatable bonds is 8. The molecule has 3 nitrogen and oxygen atoms in total. The Bertz CT molecular complexity index is 2670. The van der Waals surface area contributed by atoms with E-state index in [1.807, 2.05) is 12.1 Å². The second-order valence-electron chi connectivity index (χ2n) is 13.2. The summed E-state index contributed by atoms with van der Waals surface area (Å²) >= 11 is 0. The third kappa shape index (κ3) is 6.74. The van der Waals surface area contributed by atoms with Crippen LogP contribution >= 0.6 is 0 Å². The van der Waals surface area contributed by atoms with Crippen LogP contribution in [0.15, 0.2) is 212 Å². The van der Waals surface area contributed by atoms with Crippen LogP contribution in [0.2, 0.25) is 0 Å². The van der Waals surface area contributed by atoms with E-state index < -0.39 is 0 Å². The summed E-state index contributed by atoms with van der Waals surface area (Å²) in [5, 5.41) is 0. The van der Waals surface area contributed by atoms with E-state index in [1.54, 1.807) is 0 Å². The zero-order chi connectivity index (χ0) is 36.1. The summed E-state index contributed by atoms with van der Waals surface area (Å²) in [4.78, 5) is 15.6. The molecule has 0 aliphatic carbocycles. The Hall–Kier alpha value is -7.23. The minimum absolute atomic E-state index is 0.619. The molecule has 9 aromatic rings. The summed E-state index contributed by atoms with van der Waals surface area (Å²) in [5.74, 6) is 1.86. The maximum Gasteiger partial charge on any atom is 0.164 e. The molecule has 3 heteroatoms. The highest BCUT2D eigenvalue weighted by molar-refractivity contribution is 5.93. The zero-order valence-corrected chi connectivity index (χ0v) is 29.5. The second-order valence-corrected chi connectivity index (χ2v) is 13.2. The number of hydrogen-bond donors (Lipinski definition) is 0. The normalized spacial score (nSPS) is 11.0. The standard InChI is InChI=1S/C51H35N3/c1-5-16-36(17-6-1)39-28-30-41(31-29-39)49-52-50(44-25-15-24-42(34-44)37-18-7-2-8-19-37)54-51(53-49)47-27-14-13-26-45(47)46-33-32-43(38-20-9-3-10-21-38)35-48(46)40-22-11-4-12-23-40/h1-35H. The van der Waals surface area contributed by atoms with Crippen molar-refractivity contribution in [3.05, 3.63) is 212 Å². The van der Waals surface area contributed by atoms with Gasteiger partial charge in [0.15, 0.2) is 17.5 Å². The minimum Gasteiger partial charge on any atom is -0.208 e. The maximum absolute atomic E-state index is 5.23. The predicted molar refractivity (Wildman–Crippen MR) is 223 cm³/mol. The molecule has 254 valence electrons. The number of hydrogen-bond acceptors (Lipinski definition) is 3. The van der Waals surface area contributed by atoms with Gasteiger partial charge >= 0.3 is 0 Å². The lowest BCUT2D eigenvalue weighted by atomic mass is 9.89. The Morgan fingerprint density at radius 1 is 0.185 bits per heavy atom. The lowest BCUT2D eigenvalue weighted by Gasteiger charge is -2.17. The van der Waals surface area contributed by atoms with Gasteiger partial charge in [0.05, 0.1) is 0 Å². The van der Waals surface area contributed by atoms with Gasteiger partial charge in [0.1, 0.15) is 0 Å². The molecular formula is C51H35N3. The van der Waals surface area contributed by atoms with Crippen molar-refractivity contribution in [2.24, 2.45) is 0 Å². The molecule has 8 aromatic carbocycles. The molecule has 0 radical (unpaired) electrons. The smallest absolute Gasteiger partial charge is 0.164 e. The van der Waals surface area contributed by atoms with Crippen LogP contribution in [0.25, 0.3) is 89.8 Å². The summed E-state index contributed by atoms with van der Waals surface area (Å²) in [5.41, 5.74) is 14.1. The summed E-state index contributed by atoms with van der Waals surface area (Å²) in [6, 6.07) is 74.1. The van der Waals surface area contributed by atoms with Gasteiger partial charge in [-0.3, -0.25) is 0 Å². The van der Waals surface area contributed by atoms with Crippen molar-refractivity contribution >= 4 is 0 Å². The fraction of sp³-hybridized carbons (Fsp3) is 0. The van der Waals surface area contributed by atoms with Crippen molar-refractivity contribution in [2.75, 3.05) is 0 Å². The first-order valence-electron chi connectivity index (χ1n) is 18.2. The molecule has 0 spiro atoms. The molecule has 0 aliphatic heterocycles. The summed E-state index contributed by atoms with van der Waals surface area (Å²) < 4.78 is 0. The fourth-order valence-electron chi connectivity index (χ4n) is 7.02. The highest BCUT2D eigenvalue weighted by Crippen LogP contribution is 2.40. The lowest BCUT2D eigenvalue weighted by molar-refractivity contribution is 1.07. The Kier molecular flexibility index (Phi) is 8.94. The zero-order valence-electron chi connectivity index (χ0n) is 29.5. The first-order chi connectivity index (χ1) is 26.8. The van der Waals surface area contributed by atoms with Crippen LogP contribution in [0.3, 0.4) is 0 Å². The third-order valence-electron chi connectivity index (χ3n) is 9.78. The molecule has 0 aliphatic rings. The molecule has 0 saturated heterocycles. The number of benzene rings is 8. The molecule has 9 rings (SSSR count). The largest absolute Gasteiger partial charge is 0.208 e. The topological polar surface area (TPSA) is 38.7 Å². The lowest BCUT2D eigenvalue weighted by Crippen LogP contribution is -2.01. The summed E-state index contributed by atoms with van der Waals surface area (Å²) in [6.07, 6.45) is 0. The Labute approximate surface area is 316 Å². The van der Waals surface area contributed by atoms with Gasteiger partial charge in [-0.15, -0.1) is 0 Å². The van der Waals surface area contributed by atoms with Gasteiger partial charge in [0.25, 0.3) is 0 Å². The highest BCUT2D eigenvalue weighted by atomic mass is 15.0. The van der Waals surface area contributed by atoms with Gasteiger partial charge in [0, 0.05) is 16.7 Å². The van der Waals surface area contributed by atoms with E-state index in [2.05, 4.69) is 200 Å². The van der Waals surface area contributed by atoms with Crippen molar-refractivity contribution in [3.8, 4) is 89.8 Å². The van der Waals surface area contributed by atoms with Crippen molar-refractivity contribution in [3.63, 3.8) is 0 Å². The van der Waals surface area contributed by atoms with Gasteiger partial charge < -0.3 is 0 Å². The quantitative estimate of drug-likeness (QED) is 0.159. The van der Waals surface area contributed by atoms with E-state index in [0.717, 1.165) is 61.2 Å². The Morgan fingerprint density at radius 2 is 0.556 bits per heavy atom. The fourth-order valence-corrected chi connectivity index (χ4v) is 7.02. The van der Waals surface area contributed by atoms with Crippen LogP contribution in [0.5, 0.6) is 0 Å². The van der Waals surface area contributed by atoms with Crippen molar-refractivity contribution < 1.29 is 0 Å². The molecule has 0 amide bonds. The van der Waals surface area contributed by atoms with Crippen molar-refractivity contribution in [2.45, 2.75) is 0 Å². The molecule has 1 aromatic heterocycles. The third-order valence-corrected chi connectivity index (χ3v) is 9.78. The Morgan fingerprint density at radius 3 is 1.17 bits per heavy atom. The van der Waals surface area contributed by atoms with E-state index in [0.29, 0.717) is 17.5 Å². The summed E-state index contributed by atoms with van der Waals surface area (Å²) in [6.45, 7) is 0. The Balaban J connectivity index is 1.22. The van der Waals surface area contributed by atoms with Gasteiger partial charge in [-0.1, -0.05) is 200 Å². The first-order valence-corrected chi connectivity index (χ1v) is 18.2. The van der Waals surface area contributed by atoms with Crippen LogP contribution in [0.4, 0.5) is 0 Å². The molecular weight excluding hydrogens is 655 g/mol. The summed E-state index contributed by atoms with van der Waals surface area (Å²) in [7, 11) is 0. The maximum atomic E-state index is 5.23. The van der Waals surface area contributed by atoms with Crippen LogP contribution < -0.4 is 0 Å². The van der Waals surface area contributed by atoms with E-state index >= 15 is 0 Å². The molecule has 0 atom stereocenters. The second kappa shape index (κ2) is 14.8. The van der Waals surface area contributed by atoms with Crippen LogP contribution in [-0.4, -0.2) is 15.0 Å². The molecule has 0 saturated carbocycles. The first kappa shape index (κ1) is 32.7. The molecule has 0 unspecified atom stereocenters. The molecule has 54 heavy (non-hydrogen) atoms. The van der Waals surface area contributed by atoms with E-state index in [1.165, 1.54) is 11.1 Å². The predicted octanol–water partition coefficient (Wildman–Crippen LogP) is 13.2. The van der Waals surface area contributed by atoms with Gasteiger partial charge in [-0.05, 0) is 67.8 Å². The molecule has 0 fully saturated rings. The SMILES string of the molecule is c1ccc(-c2ccc(-c3nc(-c4cccc(-c5ccccc5)c4)nc(-c4ccccc4-c4ccc(-c5ccccc5)cc4-c4ccccc4)n3)cc2)cc1. The van der Waals surface area contributed by atoms with Gasteiger partial charge in [0.2, 0.25) is 0 Å². The molecule has 1 heterocycles. The average Bonchev–Trinajstić information content (AvgIpc) is 3.27. The van der Waals surface area contributed by atoms with Crippen molar-refractivity contribution in [1.29, 1.82) is 0 Å². The average molecular weight is 690 g/mol. The van der Waals surface area contributed by atoms with E-state index in [4.69, 9.17) is 15.0 Å².